The van der Waals surface area contributed by atoms with Gasteiger partial charge in [-0.15, -0.1) is 0 Å². The molecular formula is C9H7N3O4. The number of benzene rings is 1. The molecule has 7 heteroatoms. The SMILES string of the molecule is COc1cc(C(N)=O)c(C#N)c([N+](=O)[O-])c1. The lowest BCUT2D eigenvalue weighted by atomic mass is 10.1. The van der Waals surface area contributed by atoms with E-state index in [0.717, 1.165) is 6.07 Å². The molecule has 0 spiro atoms. The zero-order chi connectivity index (χ0) is 12.3. The summed E-state index contributed by atoms with van der Waals surface area (Å²) in [6.45, 7) is 0. The minimum absolute atomic E-state index is 0.0968. The second kappa shape index (κ2) is 4.27. The van der Waals surface area contributed by atoms with Crippen molar-refractivity contribution in [3.8, 4) is 11.8 Å². The van der Waals surface area contributed by atoms with Crippen LogP contribution in [0.4, 0.5) is 5.69 Å². The van der Waals surface area contributed by atoms with Gasteiger partial charge in [-0.1, -0.05) is 0 Å². The first kappa shape index (κ1) is 11.5. The Labute approximate surface area is 90.2 Å². The van der Waals surface area contributed by atoms with Crippen molar-refractivity contribution in [2.24, 2.45) is 5.73 Å². The summed E-state index contributed by atoms with van der Waals surface area (Å²) in [6.07, 6.45) is 0. The molecule has 0 radical (unpaired) electrons. The lowest BCUT2D eigenvalue weighted by Gasteiger charge is -2.04. The zero-order valence-corrected chi connectivity index (χ0v) is 8.26. The standard InChI is InChI=1S/C9H7N3O4/c1-16-5-2-6(9(11)13)7(4-10)8(3-5)12(14)15/h2-3H,1H3,(H2,11,13). The highest BCUT2D eigenvalue weighted by molar-refractivity contribution is 5.97. The molecule has 16 heavy (non-hydrogen) atoms. The van der Waals surface area contributed by atoms with E-state index in [-0.39, 0.29) is 16.9 Å². The molecule has 0 saturated heterocycles. The summed E-state index contributed by atoms with van der Waals surface area (Å²) in [5.74, 6) is -0.821. The highest BCUT2D eigenvalue weighted by Gasteiger charge is 2.22. The number of hydrogen-bond acceptors (Lipinski definition) is 5. The van der Waals surface area contributed by atoms with E-state index in [0.29, 0.717) is 0 Å². The van der Waals surface area contributed by atoms with Crippen LogP contribution in [0.1, 0.15) is 15.9 Å². The van der Waals surface area contributed by atoms with Crippen molar-refractivity contribution in [2.75, 3.05) is 7.11 Å². The van der Waals surface area contributed by atoms with Gasteiger partial charge in [0.05, 0.1) is 23.7 Å². The maximum atomic E-state index is 11.0. The molecule has 1 aromatic rings. The first-order chi connectivity index (χ1) is 7.51. The maximum Gasteiger partial charge on any atom is 0.291 e. The third kappa shape index (κ3) is 1.90. The third-order valence-corrected chi connectivity index (χ3v) is 1.90. The Kier molecular flexibility index (Phi) is 3.06. The first-order valence-corrected chi connectivity index (χ1v) is 4.07. The molecule has 0 heterocycles. The number of nitro benzene ring substituents is 1. The predicted octanol–water partition coefficient (Wildman–Crippen LogP) is 0.574. The van der Waals surface area contributed by atoms with Gasteiger partial charge in [0.15, 0.2) is 0 Å². The second-order valence-corrected chi connectivity index (χ2v) is 2.80. The molecule has 7 nitrogen and oxygen atoms in total. The van der Waals surface area contributed by atoms with E-state index >= 15 is 0 Å². The zero-order valence-electron chi connectivity index (χ0n) is 8.26. The topological polar surface area (TPSA) is 119 Å². The fourth-order valence-corrected chi connectivity index (χ4v) is 1.17. The lowest BCUT2D eigenvalue weighted by molar-refractivity contribution is -0.385. The number of nitro groups is 1. The molecule has 0 aliphatic heterocycles. The average Bonchev–Trinajstić information content (AvgIpc) is 2.26. The summed E-state index contributed by atoms with van der Waals surface area (Å²) < 4.78 is 4.77. The van der Waals surface area contributed by atoms with Crippen molar-refractivity contribution in [2.45, 2.75) is 0 Å². The van der Waals surface area contributed by atoms with Crippen LogP contribution >= 0.6 is 0 Å². The smallest absolute Gasteiger partial charge is 0.291 e. The molecule has 0 aliphatic carbocycles. The number of carbonyl (C=O) groups excluding carboxylic acids is 1. The number of nitriles is 1. The van der Waals surface area contributed by atoms with Gasteiger partial charge in [-0.3, -0.25) is 14.9 Å². The van der Waals surface area contributed by atoms with Gasteiger partial charge in [0.1, 0.15) is 17.4 Å². The number of rotatable bonds is 3. The van der Waals surface area contributed by atoms with Gasteiger partial charge in [0.2, 0.25) is 5.91 Å². The van der Waals surface area contributed by atoms with Crippen LogP contribution in [0.15, 0.2) is 12.1 Å². The molecule has 2 N–H and O–H groups in total. The van der Waals surface area contributed by atoms with Crippen LogP contribution in [0, 0.1) is 21.4 Å². The highest BCUT2D eigenvalue weighted by atomic mass is 16.6. The number of carbonyl (C=O) groups is 1. The fourth-order valence-electron chi connectivity index (χ4n) is 1.17. The molecule has 0 bridgehead atoms. The molecule has 0 aromatic heterocycles. The number of methoxy groups -OCH3 is 1. The largest absolute Gasteiger partial charge is 0.496 e. The van der Waals surface area contributed by atoms with Gasteiger partial charge in [0.25, 0.3) is 5.69 Å². The number of ether oxygens (including phenoxy) is 1. The minimum Gasteiger partial charge on any atom is -0.496 e. The van der Waals surface area contributed by atoms with Gasteiger partial charge >= 0.3 is 0 Å². The fraction of sp³-hybridized carbons (Fsp3) is 0.111. The van der Waals surface area contributed by atoms with E-state index in [2.05, 4.69) is 0 Å². The molecule has 82 valence electrons. The van der Waals surface area contributed by atoms with Crippen molar-refractivity contribution in [1.29, 1.82) is 5.26 Å². The van der Waals surface area contributed by atoms with E-state index < -0.39 is 16.5 Å². The lowest BCUT2D eigenvalue weighted by Crippen LogP contribution is -2.14. The number of nitrogens with two attached hydrogens (primary N) is 1. The maximum absolute atomic E-state index is 11.0. The van der Waals surface area contributed by atoms with E-state index in [1.54, 1.807) is 6.07 Å². The molecular weight excluding hydrogens is 214 g/mol. The summed E-state index contributed by atoms with van der Waals surface area (Å²) in [6, 6.07) is 3.83. The van der Waals surface area contributed by atoms with E-state index in [1.807, 2.05) is 0 Å². The van der Waals surface area contributed by atoms with Crippen molar-refractivity contribution >= 4 is 11.6 Å². The second-order valence-electron chi connectivity index (χ2n) is 2.80. The molecule has 1 rings (SSSR count). The first-order valence-electron chi connectivity index (χ1n) is 4.07. The Morgan fingerprint density at radius 2 is 2.25 bits per heavy atom. The Morgan fingerprint density at radius 3 is 2.62 bits per heavy atom. The third-order valence-electron chi connectivity index (χ3n) is 1.90. The predicted molar refractivity (Wildman–Crippen MR) is 52.9 cm³/mol. The Balaban J connectivity index is 3.61. The Bertz CT molecular complexity index is 469. The van der Waals surface area contributed by atoms with E-state index in [1.165, 1.54) is 13.2 Å². The van der Waals surface area contributed by atoms with Gasteiger partial charge < -0.3 is 10.5 Å². The molecule has 1 aromatic carbocycles. The van der Waals surface area contributed by atoms with Crippen molar-refractivity contribution in [3.05, 3.63) is 33.4 Å². The van der Waals surface area contributed by atoms with Gasteiger partial charge in [-0.25, -0.2) is 0 Å². The number of amides is 1. The van der Waals surface area contributed by atoms with E-state index in [9.17, 15) is 14.9 Å². The summed E-state index contributed by atoms with van der Waals surface area (Å²) in [7, 11) is 1.29. The van der Waals surface area contributed by atoms with Crippen LogP contribution in [-0.2, 0) is 0 Å². The summed E-state index contributed by atoms with van der Waals surface area (Å²) in [5.41, 5.74) is 3.92. The molecule has 0 atom stereocenters. The highest BCUT2D eigenvalue weighted by Crippen LogP contribution is 2.27. The van der Waals surface area contributed by atoms with Crippen LogP contribution in [0.5, 0.6) is 5.75 Å². The van der Waals surface area contributed by atoms with Crippen molar-refractivity contribution in [3.63, 3.8) is 0 Å². The minimum atomic E-state index is -0.918. The van der Waals surface area contributed by atoms with Crippen LogP contribution < -0.4 is 10.5 Å². The summed E-state index contributed by atoms with van der Waals surface area (Å²) in [4.78, 5) is 20.9. The summed E-state index contributed by atoms with van der Waals surface area (Å²) >= 11 is 0. The Hall–Kier alpha value is -2.62. The number of primary amides is 1. The monoisotopic (exact) mass is 221 g/mol. The average molecular weight is 221 g/mol. The molecule has 0 unspecified atom stereocenters. The van der Waals surface area contributed by atoms with Gasteiger partial charge in [-0.05, 0) is 6.07 Å². The van der Waals surface area contributed by atoms with Crippen LogP contribution in [0.3, 0.4) is 0 Å². The summed E-state index contributed by atoms with van der Waals surface area (Å²) in [5, 5.41) is 19.4. The van der Waals surface area contributed by atoms with Gasteiger partial charge in [0, 0.05) is 0 Å². The van der Waals surface area contributed by atoms with Crippen molar-refractivity contribution in [1.82, 2.24) is 0 Å². The van der Waals surface area contributed by atoms with Crippen LogP contribution in [-0.4, -0.2) is 17.9 Å². The number of nitrogens with zero attached hydrogens (tertiary/aromatic N) is 2. The Morgan fingerprint density at radius 1 is 1.62 bits per heavy atom. The van der Waals surface area contributed by atoms with Crippen LogP contribution in [0.2, 0.25) is 0 Å². The normalized spacial score (nSPS) is 9.25. The quantitative estimate of drug-likeness (QED) is 0.591. The molecule has 0 aliphatic rings. The molecule has 0 saturated carbocycles. The number of hydrogen-bond donors (Lipinski definition) is 1. The molecule has 1 amide bonds. The van der Waals surface area contributed by atoms with Gasteiger partial charge in [-0.2, -0.15) is 5.26 Å². The van der Waals surface area contributed by atoms with Crippen molar-refractivity contribution < 1.29 is 14.5 Å². The van der Waals surface area contributed by atoms with Crippen LogP contribution in [0.25, 0.3) is 0 Å². The van der Waals surface area contributed by atoms with E-state index in [4.69, 9.17) is 15.7 Å². The molecule has 0 fully saturated rings.